The summed E-state index contributed by atoms with van der Waals surface area (Å²) in [6.07, 6.45) is 44.7. The van der Waals surface area contributed by atoms with Crippen LogP contribution in [-0.4, -0.2) is 15.9 Å². The van der Waals surface area contributed by atoms with E-state index in [1.807, 2.05) is 0 Å². The van der Waals surface area contributed by atoms with Crippen LogP contribution in [0.15, 0.2) is 0 Å². The number of carboxylic acids is 1. The number of hydrogen-bond acceptors (Lipinski definition) is 1. The second kappa shape index (κ2) is 33.2. The van der Waals surface area contributed by atoms with Gasteiger partial charge in [0, 0.05) is 0 Å². The molecule has 0 aliphatic heterocycles. The Balaban J connectivity index is 3.05. The van der Waals surface area contributed by atoms with Crippen molar-refractivity contribution in [1.82, 2.24) is 0 Å². The van der Waals surface area contributed by atoms with Crippen molar-refractivity contribution in [3.05, 3.63) is 0 Å². The summed E-state index contributed by atoms with van der Waals surface area (Å²) in [6, 6.07) is 0. The van der Waals surface area contributed by atoms with Crippen LogP contribution >= 0.6 is 15.9 Å². The minimum atomic E-state index is -0.726. The van der Waals surface area contributed by atoms with Crippen LogP contribution in [0.2, 0.25) is 0 Å². The summed E-state index contributed by atoms with van der Waals surface area (Å²) < 4.78 is 0. The Labute approximate surface area is 248 Å². The first kappa shape index (κ1) is 38.0. The van der Waals surface area contributed by atoms with E-state index in [1.54, 1.807) is 0 Å². The molecule has 0 saturated carbocycles. The van der Waals surface area contributed by atoms with Gasteiger partial charge in [-0.25, -0.2) is 0 Å². The molecule has 0 fully saturated rings. The van der Waals surface area contributed by atoms with Crippen LogP contribution < -0.4 is 0 Å². The third-order valence-electron chi connectivity index (χ3n) is 8.33. The van der Waals surface area contributed by atoms with Crippen LogP contribution in [-0.2, 0) is 4.79 Å². The van der Waals surface area contributed by atoms with E-state index in [0.29, 0.717) is 0 Å². The van der Waals surface area contributed by atoms with Gasteiger partial charge >= 0.3 is 5.97 Å². The summed E-state index contributed by atoms with van der Waals surface area (Å²) in [5.74, 6) is -0.726. The highest BCUT2D eigenvalue weighted by atomic mass is 79.9. The highest BCUT2D eigenvalue weighted by molar-refractivity contribution is 9.10. The van der Waals surface area contributed by atoms with Gasteiger partial charge in [-0.1, -0.05) is 222 Å². The quantitative estimate of drug-likeness (QED) is 0.0600. The first-order valence-corrected chi connectivity index (χ1v) is 18.5. The molecule has 1 atom stereocenters. The van der Waals surface area contributed by atoms with Gasteiger partial charge in [-0.05, 0) is 6.42 Å². The maximum Gasteiger partial charge on any atom is 0.317 e. The minimum absolute atomic E-state index is 0.355. The monoisotopic (exact) mass is 600 g/mol. The molecule has 3 heteroatoms. The lowest BCUT2D eigenvalue weighted by Crippen LogP contribution is -2.11. The molecule has 0 aromatic rings. The van der Waals surface area contributed by atoms with Crippen molar-refractivity contribution in [3.63, 3.8) is 0 Å². The van der Waals surface area contributed by atoms with Crippen molar-refractivity contribution in [2.75, 3.05) is 0 Å². The summed E-state index contributed by atoms with van der Waals surface area (Å²) >= 11 is 3.21. The minimum Gasteiger partial charge on any atom is -0.480 e. The Hall–Kier alpha value is -0.0500. The Kier molecular flexibility index (Phi) is 33.1. The molecule has 0 aliphatic rings. The van der Waals surface area contributed by atoms with E-state index >= 15 is 0 Å². The molecule has 0 aromatic carbocycles. The van der Waals surface area contributed by atoms with Gasteiger partial charge in [-0.2, -0.15) is 0 Å². The fourth-order valence-electron chi connectivity index (χ4n) is 5.65. The molecule has 1 N–H and O–H groups in total. The number of carboxylic acid groups (broad SMARTS) is 1. The van der Waals surface area contributed by atoms with E-state index in [0.717, 1.165) is 12.8 Å². The van der Waals surface area contributed by atoms with Gasteiger partial charge in [-0.3, -0.25) is 4.79 Å². The van der Waals surface area contributed by atoms with Crippen molar-refractivity contribution in [3.8, 4) is 0 Å². The molecule has 2 nitrogen and oxygen atoms in total. The zero-order valence-corrected chi connectivity index (χ0v) is 27.5. The first-order chi connectivity index (χ1) is 18.7. The fraction of sp³-hybridized carbons (Fsp3) is 0.971. The summed E-state index contributed by atoms with van der Waals surface area (Å²) in [4.78, 5) is 10.4. The maximum absolute atomic E-state index is 10.7. The fourth-order valence-corrected chi connectivity index (χ4v) is 5.97. The van der Waals surface area contributed by atoms with Crippen molar-refractivity contribution < 1.29 is 9.90 Å². The van der Waals surface area contributed by atoms with Gasteiger partial charge in [0.05, 0.1) is 0 Å². The van der Waals surface area contributed by atoms with Gasteiger partial charge in [0.15, 0.2) is 0 Å². The zero-order valence-electron chi connectivity index (χ0n) is 25.9. The average Bonchev–Trinajstić information content (AvgIpc) is 2.91. The van der Waals surface area contributed by atoms with Gasteiger partial charge in [0.1, 0.15) is 4.83 Å². The third kappa shape index (κ3) is 32.2. The zero-order chi connectivity index (χ0) is 27.8. The molecular formula is C35H69BrO2. The van der Waals surface area contributed by atoms with Crippen LogP contribution in [0.25, 0.3) is 0 Å². The average molecular weight is 602 g/mol. The van der Waals surface area contributed by atoms with Crippen LogP contribution in [0, 0.1) is 0 Å². The predicted octanol–water partition coefficient (Wildman–Crippen LogP) is 13.3. The Morgan fingerprint density at radius 3 is 0.789 bits per heavy atom. The molecule has 228 valence electrons. The van der Waals surface area contributed by atoms with Gasteiger partial charge in [0.2, 0.25) is 0 Å². The summed E-state index contributed by atoms with van der Waals surface area (Å²) in [7, 11) is 0. The SMILES string of the molecule is CCCCCCCCCCCCCCCCCCCCCCCCCCCCCCCCCC(Br)C(=O)O. The van der Waals surface area contributed by atoms with Crippen LogP contribution in [0.4, 0.5) is 0 Å². The molecule has 0 amide bonds. The third-order valence-corrected chi connectivity index (χ3v) is 9.18. The lowest BCUT2D eigenvalue weighted by molar-refractivity contribution is -0.136. The lowest BCUT2D eigenvalue weighted by Gasteiger charge is -2.05. The number of unbranched alkanes of at least 4 members (excludes halogenated alkanes) is 30. The van der Waals surface area contributed by atoms with Crippen LogP contribution in [0.3, 0.4) is 0 Å². The number of halogens is 1. The van der Waals surface area contributed by atoms with E-state index in [-0.39, 0.29) is 4.83 Å². The predicted molar refractivity (Wildman–Crippen MR) is 174 cm³/mol. The van der Waals surface area contributed by atoms with Gasteiger partial charge < -0.3 is 5.11 Å². The highest BCUT2D eigenvalue weighted by Gasteiger charge is 2.11. The van der Waals surface area contributed by atoms with Gasteiger partial charge in [-0.15, -0.1) is 0 Å². The van der Waals surface area contributed by atoms with E-state index in [4.69, 9.17) is 5.11 Å². The van der Waals surface area contributed by atoms with Crippen LogP contribution in [0.1, 0.15) is 212 Å². The second-order valence-electron chi connectivity index (χ2n) is 12.2. The Morgan fingerprint density at radius 1 is 0.421 bits per heavy atom. The molecule has 0 rings (SSSR count). The molecule has 0 radical (unpaired) electrons. The molecule has 0 aliphatic carbocycles. The molecule has 0 saturated heterocycles. The topological polar surface area (TPSA) is 37.3 Å². The molecule has 1 unspecified atom stereocenters. The summed E-state index contributed by atoms with van der Waals surface area (Å²) in [5, 5.41) is 8.85. The van der Waals surface area contributed by atoms with Crippen molar-refractivity contribution in [1.29, 1.82) is 0 Å². The molecule has 0 aromatic heterocycles. The molecule has 0 heterocycles. The largest absolute Gasteiger partial charge is 0.480 e. The molecule has 0 spiro atoms. The number of hydrogen-bond donors (Lipinski definition) is 1. The number of carbonyl (C=O) groups is 1. The smallest absolute Gasteiger partial charge is 0.317 e. The van der Waals surface area contributed by atoms with E-state index in [1.165, 1.54) is 193 Å². The lowest BCUT2D eigenvalue weighted by atomic mass is 10.0. The standard InChI is InChI=1S/C35H69BrO2/c1-2-3-4-5-6-7-8-9-10-11-12-13-14-15-16-17-18-19-20-21-22-23-24-25-26-27-28-29-30-31-32-33-34(36)35(37)38/h34H,2-33H2,1H3,(H,37,38). The van der Waals surface area contributed by atoms with E-state index < -0.39 is 5.97 Å². The van der Waals surface area contributed by atoms with E-state index in [2.05, 4.69) is 22.9 Å². The summed E-state index contributed by atoms with van der Waals surface area (Å²) in [6.45, 7) is 2.30. The second-order valence-corrected chi connectivity index (χ2v) is 13.3. The molecular weight excluding hydrogens is 532 g/mol. The maximum atomic E-state index is 10.7. The normalized spacial score (nSPS) is 12.3. The van der Waals surface area contributed by atoms with Crippen molar-refractivity contribution in [2.24, 2.45) is 0 Å². The van der Waals surface area contributed by atoms with Crippen LogP contribution in [0.5, 0.6) is 0 Å². The van der Waals surface area contributed by atoms with Crippen molar-refractivity contribution >= 4 is 21.9 Å². The van der Waals surface area contributed by atoms with E-state index in [9.17, 15) is 4.79 Å². The number of rotatable bonds is 33. The molecule has 0 bridgehead atoms. The summed E-state index contributed by atoms with van der Waals surface area (Å²) in [5.41, 5.74) is 0. The van der Waals surface area contributed by atoms with Crippen molar-refractivity contribution in [2.45, 2.75) is 217 Å². The molecule has 38 heavy (non-hydrogen) atoms. The Bertz CT molecular complexity index is 453. The highest BCUT2D eigenvalue weighted by Crippen LogP contribution is 2.17. The number of aliphatic carboxylic acids is 1. The first-order valence-electron chi connectivity index (χ1n) is 17.5. The van der Waals surface area contributed by atoms with Gasteiger partial charge in [0.25, 0.3) is 0 Å². The Morgan fingerprint density at radius 2 is 0.605 bits per heavy atom. The number of alkyl halides is 1.